The molecule has 1 heterocycles. The van der Waals surface area contributed by atoms with Crippen molar-refractivity contribution in [3.8, 4) is 0 Å². The Morgan fingerprint density at radius 2 is 2.44 bits per heavy atom. The van der Waals surface area contributed by atoms with E-state index in [9.17, 15) is 0 Å². The fourth-order valence-corrected chi connectivity index (χ4v) is 2.64. The summed E-state index contributed by atoms with van der Waals surface area (Å²) >= 11 is 0. The van der Waals surface area contributed by atoms with Gasteiger partial charge >= 0.3 is 0 Å². The van der Waals surface area contributed by atoms with Crippen LogP contribution >= 0.6 is 0 Å². The Morgan fingerprint density at radius 3 is 3.11 bits per heavy atom. The van der Waals surface area contributed by atoms with Gasteiger partial charge in [-0.05, 0) is 31.3 Å². The summed E-state index contributed by atoms with van der Waals surface area (Å²) in [5.74, 6) is 0. The fraction of sp³-hybridized carbons (Fsp3) is 0.667. The van der Waals surface area contributed by atoms with Gasteiger partial charge in [0.1, 0.15) is 0 Å². The third-order valence-corrected chi connectivity index (χ3v) is 3.58. The Morgan fingerprint density at radius 1 is 1.56 bits per heavy atom. The van der Waals surface area contributed by atoms with Crippen LogP contribution < -0.4 is 0 Å². The van der Waals surface area contributed by atoms with E-state index in [-0.39, 0.29) is 0 Å². The number of nitrogens with zero attached hydrogens (tertiary/aromatic N) is 2. The van der Waals surface area contributed by atoms with Crippen molar-refractivity contribution in [2.24, 2.45) is 5.10 Å². The normalized spacial score (nSPS) is 23.9. The van der Waals surface area contributed by atoms with Crippen molar-refractivity contribution in [3.05, 3.63) is 23.8 Å². The quantitative estimate of drug-likeness (QED) is 0.675. The van der Waals surface area contributed by atoms with E-state index in [1.807, 2.05) is 0 Å². The number of hydrogen-bond acceptors (Lipinski definition) is 3. The molecule has 3 heteroatoms. The first-order chi connectivity index (χ1) is 8.85. The Hall–Kier alpha value is -1.09. The summed E-state index contributed by atoms with van der Waals surface area (Å²) in [4.78, 5) is 0. The lowest BCUT2D eigenvalue weighted by Crippen LogP contribution is -2.29. The van der Waals surface area contributed by atoms with Crippen LogP contribution in [0.3, 0.4) is 0 Å². The van der Waals surface area contributed by atoms with Gasteiger partial charge in [0.15, 0.2) is 0 Å². The molecule has 0 aromatic carbocycles. The first kappa shape index (κ1) is 13.3. The molecule has 0 aromatic rings. The Bertz CT molecular complexity index is 358. The molecule has 1 aliphatic carbocycles. The van der Waals surface area contributed by atoms with Crippen molar-refractivity contribution < 1.29 is 4.74 Å². The molecule has 0 saturated carbocycles. The number of rotatable bonds is 6. The van der Waals surface area contributed by atoms with Crippen LogP contribution in [0.2, 0.25) is 0 Å². The topological polar surface area (TPSA) is 24.8 Å². The molecule has 100 valence electrons. The van der Waals surface area contributed by atoms with E-state index in [2.05, 4.69) is 30.2 Å². The third kappa shape index (κ3) is 3.22. The monoisotopic (exact) mass is 248 g/mol. The predicted molar refractivity (Wildman–Crippen MR) is 75.8 cm³/mol. The van der Waals surface area contributed by atoms with Crippen LogP contribution in [0.25, 0.3) is 0 Å². The lowest BCUT2D eigenvalue weighted by Gasteiger charge is -2.22. The van der Waals surface area contributed by atoms with E-state index in [4.69, 9.17) is 9.84 Å². The van der Waals surface area contributed by atoms with Crippen molar-refractivity contribution in [1.29, 1.82) is 0 Å². The van der Waals surface area contributed by atoms with Gasteiger partial charge in [-0.2, -0.15) is 5.10 Å². The van der Waals surface area contributed by atoms with E-state index in [1.165, 1.54) is 24.1 Å². The molecule has 0 bridgehead atoms. The highest BCUT2D eigenvalue weighted by Crippen LogP contribution is 2.21. The molecule has 1 aliphatic heterocycles. The highest BCUT2D eigenvalue weighted by atomic mass is 16.5. The van der Waals surface area contributed by atoms with Crippen LogP contribution in [0, 0.1) is 0 Å². The second kappa shape index (κ2) is 6.74. The molecule has 3 nitrogen and oxygen atoms in total. The third-order valence-electron chi connectivity index (χ3n) is 3.58. The van der Waals surface area contributed by atoms with Crippen molar-refractivity contribution in [2.45, 2.75) is 45.1 Å². The minimum absolute atomic E-state index is 0.469. The molecule has 1 saturated heterocycles. The zero-order valence-corrected chi connectivity index (χ0v) is 11.6. The summed E-state index contributed by atoms with van der Waals surface area (Å²) in [5.41, 5.74) is 2.66. The van der Waals surface area contributed by atoms with E-state index >= 15 is 0 Å². The lowest BCUT2D eigenvalue weighted by atomic mass is 10.1. The molecule has 2 rings (SSSR count). The Kier molecular flexibility index (Phi) is 5.00. The Labute approximate surface area is 110 Å². The standard InChI is InChI=1S/C15H24N2O/c1-3-7-15(13-8-4-5-9-13)16-17-11-6-10-14(17)12-18-2/h4-5,8,14H,3,6-7,9-12H2,1-2H3/b16-15-. The molecule has 18 heavy (non-hydrogen) atoms. The van der Waals surface area contributed by atoms with Gasteiger partial charge in [0, 0.05) is 13.7 Å². The smallest absolute Gasteiger partial charge is 0.0704 e. The van der Waals surface area contributed by atoms with Crippen LogP contribution in [0.15, 0.2) is 28.9 Å². The molecule has 1 fully saturated rings. The van der Waals surface area contributed by atoms with Crippen molar-refractivity contribution in [3.63, 3.8) is 0 Å². The maximum atomic E-state index is 5.29. The van der Waals surface area contributed by atoms with E-state index in [0.717, 1.165) is 32.4 Å². The number of methoxy groups -OCH3 is 1. The van der Waals surface area contributed by atoms with Crippen molar-refractivity contribution in [1.82, 2.24) is 5.01 Å². The van der Waals surface area contributed by atoms with Gasteiger partial charge in [-0.15, -0.1) is 0 Å². The zero-order chi connectivity index (χ0) is 12.8. The lowest BCUT2D eigenvalue weighted by molar-refractivity contribution is 0.118. The van der Waals surface area contributed by atoms with Gasteiger partial charge in [-0.1, -0.05) is 31.6 Å². The summed E-state index contributed by atoms with van der Waals surface area (Å²) in [5, 5.41) is 7.15. The summed E-state index contributed by atoms with van der Waals surface area (Å²) in [6, 6.07) is 0.469. The van der Waals surface area contributed by atoms with E-state index in [1.54, 1.807) is 7.11 Å². The molecule has 0 radical (unpaired) electrons. The van der Waals surface area contributed by atoms with Gasteiger partial charge in [0.25, 0.3) is 0 Å². The van der Waals surface area contributed by atoms with E-state index < -0.39 is 0 Å². The summed E-state index contributed by atoms with van der Waals surface area (Å²) in [7, 11) is 1.77. The fourth-order valence-electron chi connectivity index (χ4n) is 2.64. The first-order valence-electron chi connectivity index (χ1n) is 7.04. The molecular weight excluding hydrogens is 224 g/mol. The SMILES string of the molecule is CCC/C(=N/N1CCCC1COC)C1=CC=CC1. The number of hydrazone groups is 1. The molecular formula is C15H24N2O. The second-order valence-electron chi connectivity index (χ2n) is 5.04. The van der Waals surface area contributed by atoms with Gasteiger partial charge in [-0.3, -0.25) is 5.01 Å². The van der Waals surface area contributed by atoms with Crippen LogP contribution in [0.1, 0.15) is 39.0 Å². The summed E-state index contributed by atoms with van der Waals surface area (Å²) in [6.45, 7) is 4.08. The van der Waals surface area contributed by atoms with E-state index in [0.29, 0.717) is 6.04 Å². The number of allylic oxidation sites excluding steroid dienone is 4. The first-order valence-corrected chi connectivity index (χ1v) is 7.04. The van der Waals surface area contributed by atoms with Crippen LogP contribution in [0.5, 0.6) is 0 Å². The predicted octanol–water partition coefficient (Wildman–Crippen LogP) is 3.14. The van der Waals surface area contributed by atoms with Gasteiger partial charge in [0.05, 0.1) is 18.4 Å². The van der Waals surface area contributed by atoms with Gasteiger partial charge in [0.2, 0.25) is 0 Å². The molecule has 0 amide bonds. The highest BCUT2D eigenvalue weighted by molar-refractivity contribution is 6.01. The number of ether oxygens (including phenoxy) is 1. The maximum absolute atomic E-state index is 5.29. The van der Waals surface area contributed by atoms with Crippen LogP contribution in [-0.2, 0) is 4.74 Å². The molecule has 2 aliphatic rings. The van der Waals surface area contributed by atoms with Gasteiger partial charge in [-0.25, -0.2) is 0 Å². The largest absolute Gasteiger partial charge is 0.382 e. The van der Waals surface area contributed by atoms with Crippen LogP contribution in [0.4, 0.5) is 0 Å². The van der Waals surface area contributed by atoms with Crippen molar-refractivity contribution >= 4 is 5.71 Å². The minimum atomic E-state index is 0.469. The highest BCUT2D eigenvalue weighted by Gasteiger charge is 2.24. The summed E-state index contributed by atoms with van der Waals surface area (Å²) in [6.07, 6.45) is 12.2. The number of hydrogen-bond donors (Lipinski definition) is 0. The molecule has 1 unspecified atom stereocenters. The Balaban J connectivity index is 2.06. The van der Waals surface area contributed by atoms with Crippen molar-refractivity contribution in [2.75, 3.05) is 20.3 Å². The maximum Gasteiger partial charge on any atom is 0.0704 e. The zero-order valence-electron chi connectivity index (χ0n) is 11.6. The average molecular weight is 248 g/mol. The second-order valence-corrected chi connectivity index (χ2v) is 5.04. The molecule has 1 atom stereocenters. The average Bonchev–Trinajstić information content (AvgIpc) is 3.01. The molecule has 0 spiro atoms. The summed E-state index contributed by atoms with van der Waals surface area (Å²) < 4.78 is 5.29. The molecule has 0 aromatic heterocycles. The minimum Gasteiger partial charge on any atom is -0.382 e. The van der Waals surface area contributed by atoms with Crippen LogP contribution in [-0.4, -0.2) is 37.0 Å². The van der Waals surface area contributed by atoms with Gasteiger partial charge < -0.3 is 4.74 Å². The molecule has 0 N–H and O–H groups in total.